The molecule has 1 atom stereocenters. The van der Waals surface area contributed by atoms with E-state index in [0.29, 0.717) is 45.8 Å². The van der Waals surface area contributed by atoms with Crippen molar-refractivity contribution in [2.45, 2.75) is 25.3 Å². The van der Waals surface area contributed by atoms with Crippen LogP contribution in [0.2, 0.25) is 0 Å². The van der Waals surface area contributed by atoms with E-state index in [4.69, 9.17) is 14.6 Å². The number of carboxylic acids is 1. The molecule has 0 saturated carbocycles. The van der Waals surface area contributed by atoms with Crippen LogP contribution in [0.1, 0.15) is 19.3 Å². The zero-order valence-corrected chi connectivity index (χ0v) is 11.0. The molecule has 108 valence electrons. The minimum atomic E-state index is -0.914. The van der Waals surface area contributed by atoms with Crippen LogP contribution in [0, 0.1) is 0 Å². The van der Waals surface area contributed by atoms with Gasteiger partial charge in [-0.2, -0.15) is 0 Å². The summed E-state index contributed by atoms with van der Waals surface area (Å²) in [7, 11) is 0. The van der Waals surface area contributed by atoms with Gasteiger partial charge in [0.15, 0.2) is 0 Å². The van der Waals surface area contributed by atoms with Gasteiger partial charge >= 0.3 is 5.97 Å². The molecule has 1 aliphatic heterocycles. The molecule has 0 aromatic heterocycles. The second-order valence-electron chi connectivity index (χ2n) is 4.38. The molecule has 1 aliphatic rings. The van der Waals surface area contributed by atoms with Crippen molar-refractivity contribution in [2.75, 3.05) is 33.0 Å². The molecule has 0 bridgehead atoms. The fourth-order valence-electron chi connectivity index (χ4n) is 1.99. The Morgan fingerprint density at radius 1 is 1.53 bits per heavy atom. The van der Waals surface area contributed by atoms with E-state index in [-0.39, 0.29) is 18.4 Å². The number of nitrogens with zero attached hydrogens (tertiary/aromatic N) is 1. The maximum Gasteiger partial charge on any atom is 0.305 e. The second kappa shape index (κ2) is 8.66. The van der Waals surface area contributed by atoms with E-state index in [2.05, 4.69) is 6.58 Å². The fraction of sp³-hybridized carbons (Fsp3) is 0.692. The van der Waals surface area contributed by atoms with Crippen molar-refractivity contribution in [2.24, 2.45) is 0 Å². The van der Waals surface area contributed by atoms with E-state index in [1.54, 1.807) is 11.0 Å². The summed E-state index contributed by atoms with van der Waals surface area (Å²) in [5, 5.41) is 8.82. The van der Waals surface area contributed by atoms with E-state index in [0.717, 1.165) is 0 Å². The van der Waals surface area contributed by atoms with Gasteiger partial charge in [0.05, 0.1) is 32.3 Å². The number of morpholine rings is 1. The smallest absolute Gasteiger partial charge is 0.305 e. The Bertz CT molecular complexity index is 318. The van der Waals surface area contributed by atoms with Crippen LogP contribution in [0.4, 0.5) is 0 Å². The highest BCUT2D eigenvalue weighted by molar-refractivity contribution is 5.77. The van der Waals surface area contributed by atoms with Gasteiger partial charge in [-0.3, -0.25) is 9.59 Å². The molecule has 1 rings (SSSR count). The number of amides is 1. The zero-order chi connectivity index (χ0) is 14.1. The summed E-state index contributed by atoms with van der Waals surface area (Å²) in [4.78, 5) is 24.4. The summed E-state index contributed by atoms with van der Waals surface area (Å²) in [6, 6.07) is -0.354. The maximum absolute atomic E-state index is 12.0. The molecule has 6 nitrogen and oxygen atoms in total. The molecule has 1 fully saturated rings. The molecule has 0 aromatic rings. The minimum absolute atomic E-state index is 0.0308. The standard InChI is InChI=1S/C13H21NO5/c1-2-6-18-7-3-4-12(15)14-5-8-19-10-11(14)9-13(16)17/h2,11H,1,3-10H2,(H,16,17). The molecule has 1 saturated heterocycles. The van der Waals surface area contributed by atoms with Gasteiger partial charge in [0.2, 0.25) is 5.91 Å². The van der Waals surface area contributed by atoms with Crippen LogP contribution < -0.4 is 0 Å². The highest BCUT2D eigenvalue weighted by Crippen LogP contribution is 2.13. The third-order valence-electron chi connectivity index (χ3n) is 2.87. The van der Waals surface area contributed by atoms with Crippen LogP contribution in [0.5, 0.6) is 0 Å². The summed E-state index contributed by atoms with van der Waals surface area (Å²) in [5.74, 6) is -0.945. The number of hydrogen-bond donors (Lipinski definition) is 1. The first kappa shape index (κ1) is 15.7. The van der Waals surface area contributed by atoms with E-state index >= 15 is 0 Å². The number of carboxylic acid groups (broad SMARTS) is 1. The molecule has 1 heterocycles. The topological polar surface area (TPSA) is 76.1 Å². The average Bonchev–Trinajstić information content (AvgIpc) is 2.38. The van der Waals surface area contributed by atoms with Crippen LogP contribution in [0.15, 0.2) is 12.7 Å². The van der Waals surface area contributed by atoms with Gasteiger partial charge in [-0.15, -0.1) is 6.58 Å². The van der Waals surface area contributed by atoms with Crippen molar-refractivity contribution in [1.29, 1.82) is 0 Å². The lowest BCUT2D eigenvalue weighted by Gasteiger charge is -2.34. The monoisotopic (exact) mass is 271 g/mol. The van der Waals surface area contributed by atoms with Crippen molar-refractivity contribution >= 4 is 11.9 Å². The predicted octanol–water partition coefficient (Wildman–Crippen LogP) is 0.671. The zero-order valence-electron chi connectivity index (χ0n) is 11.0. The molecule has 1 unspecified atom stereocenters. The summed E-state index contributed by atoms with van der Waals surface area (Å²) >= 11 is 0. The van der Waals surface area contributed by atoms with Gasteiger partial charge in [-0.25, -0.2) is 0 Å². The lowest BCUT2D eigenvalue weighted by molar-refractivity contribution is -0.146. The van der Waals surface area contributed by atoms with Gasteiger partial charge in [0.25, 0.3) is 0 Å². The van der Waals surface area contributed by atoms with Crippen molar-refractivity contribution in [3.63, 3.8) is 0 Å². The molecule has 0 aliphatic carbocycles. The van der Waals surface area contributed by atoms with Gasteiger partial charge in [0.1, 0.15) is 0 Å². The third-order valence-corrected chi connectivity index (χ3v) is 2.87. The van der Waals surface area contributed by atoms with Crippen molar-refractivity contribution in [3.05, 3.63) is 12.7 Å². The normalized spacial score (nSPS) is 19.2. The van der Waals surface area contributed by atoms with Crippen LogP contribution in [-0.4, -0.2) is 60.9 Å². The van der Waals surface area contributed by atoms with Crippen LogP contribution in [0.3, 0.4) is 0 Å². The van der Waals surface area contributed by atoms with E-state index in [1.807, 2.05) is 0 Å². The molecule has 1 N–H and O–H groups in total. The molecule has 6 heteroatoms. The van der Waals surface area contributed by atoms with E-state index in [1.165, 1.54) is 0 Å². The number of carbonyl (C=O) groups is 2. The first-order valence-electron chi connectivity index (χ1n) is 6.42. The SMILES string of the molecule is C=CCOCCCC(=O)N1CCOCC1CC(=O)O. The summed E-state index contributed by atoms with van der Waals surface area (Å²) in [6.45, 7) is 5.75. The molecular formula is C13H21NO5. The van der Waals surface area contributed by atoms with Gasteiger partial charge in [-0.05, 0) is 6.42 Å². The Morgan fingerprint density at radius 3 is 3.00 bits per heavy atom. The molecular weight excluding hydrogens is 250 g/mol. The Hall–Kier alpha value is -1.40. The largest absolute Gasteiger partial charge is 0.481 e. The van der Waals surface area contributed by atoms with Gasteiger partial charge < -0.3 is 19.5 Å². The summed E-state index contributed by atoms with van der Waals surface area (Å²) in [6.07, 6.45) is 2.59. The quantitative estimate of drug-likeness (QED) is 0.519. The first-order chi connectivity index (χ1) is 9.15. The van der Waals surface area contributed by atoms with Crippen molar-refractivity contribution in [1.82, 2.24) is 4.90 Å². The van der Waals surface area contributed by atoms with Crippen molar-refractivity contribution < 1.29 is 24.2 Å². The number of carbonyl (C=O) groups excluding carboxylic acids is 1. The summed E-state index contributed by atoms with van der Waals surface area (Å²) < 4.78 is 10.4. The number of aliphatic carboxylic acids is 1. The molecule has 0 spiro atoms. The number of hydrogen-bond acceptors (Lipinski definition) is 4. The third kappa shape index (κ3) is 5.85. The van der Waals surface area contributed by atoms with Crippen LogP contribution in [0.25, 0.3) is 0 Å². The maximum atomic E-state index is 12.0. The Kier molecular flexibility index (Phi) is 7.14. The Balaban J connectivity index is 2.34. The van der Waals surface area contributed by atoms with Crippen LogP contribution >= 0.6 is 0 Å². The minimum Gasteiger partial charge on any atom is -0.481 e. The van der Waals surface area contributed by atoms with Crippen LogP contribution in [-0.2, 0) is 19.1 Å². The fourth-order valence-corrected chi connectivity index (χ4v) is 1.99. The molecule has 1 amide bonds. The van der Waals surface area contributed by atoms with Gasteiger partial charge in [0, 0.05) is 19.6 Å². The molecule has 0 radical (unpaired) electrons. The Morgan fingerprint density at radius 2 is 2.32 bits per heavy atom. The van der Waals surface area contributed by atoms with E-state index in [9.17, 15) is 9.59 Å². The first-order valence-corrected chi connectivity index (χ1v) is 6.42. The molecule has 19 heavy (non-hydrogen) atoms. The van der Waals surface area contributed by atoms with E-state index < -0.39 is 5.97 Å². The average molecular weight is 271 g/mol. The highest BCUT2D eigenvalue weighted by Gasteiger charge is 2.28. The lowest BCUT2D eigenvalue weighted by atomic mass is 10.1. The number of ether oxygens (including phenoxy) is 2. The summed E-state index contributed by atoms with van der Waals surface area (Å²) in [5.41, 5.74) is 0. The highest BCUT2D eigenvalue weighted by atomic mass is 16.5. The predicted molar refractivity (Wildman–Crippen MR) is 68.8 cm³/mol. The second-order valence-corrected chi connectivity index (χ2v) is 4.38. The van der Waals surface area contributed by atoms with Gasteiger partial charge in [-0.1, -0.05) is 6.08 Å². The Labute approximate surface area is 113 Å². The molecule has 0 aromatic carbocycles. The van der Waals surface area contributed by atoms with Crippen molar-refractivity contribution in [3.8, 4) is 0 Å². The lowest BCUT2D eigenvalue weighted by Crippen LogP contribution is -2.49. The number of rotatable bonds is 8.